The molecule has 0 saturated heterocycles. The van der Waals surface area contributed by atoms with Crippen LogP contribution in [0, 0.1) is 0 Å². The zero-order valence-corrected chi connectivity index (χ0v) is 17.5. The average molecular weight is 389 g/mol. The van der Waals surface area contributed by atoms with Gasteiger partial charge in [0.05, 0.1) is 0 Å². The molecule has 0 N–H and O–H groups in total. The normalized spacial score (nSPS) is 12.1. The van der Waals surface area contributed by atoms with Gasteiger partial charge in [-0.3, -0.25) is 0 Å². The van der Waals surface area contributed by atoms with Crippen LogP contribution in [0.2, 0.25) is 0 Å². The van der Waals surface area contributed by atoms with Gasteiger partial charge in [0.15, 0.2) is 11.4 Å². The number of benzene rings is 1. The van der Waals surface area contributed by atoms with Gasteiger partial charge < -0.3 is 4.74 Å². The third-order valence-electron chi connectivity index (χ3n) is 4.69. The van der Waals surface area contributed by atoms with E-state index in [1.807, 2.05) is 36.7 Å². The van der Waals surface area contributed by atoms with Gasteiger partial charge in [-0.1, -0.05) is 64.0 Å². The molecule has 3 nitrogen and oxygen atoms in total. The summed E-state index contributed by atoms with van der Waals surface area (Å²) in [7, 11) is 0. The van der Waals surface area contributed by atoms with Crippen LogP contribution in [0.3, 0.4) is 0 Å². The van der Waals surface area contributed by atoms with Crippen LogP contribution in [-0.2, 0) is 6.42 Å². The minimum atomic E-state index is -0.270. The van der Waals surface area contributed by atoms with Crippen LogP contribution < -0.4 is 4.74 Å². The quantitative estimate of drug-likeness (QED) is 0.269. The van der Waals surface area contributed by atoms with Crippen LogP contribution >= 0.6 is 11.6 Å². The molecule has 0 spiro atoms. The minimum Gasteiger partial charge on any atom is -0.475 e. The van der Waals surface area contributed by atoms with Gasteiger partial charge in [0, 0.05) is 18.0 Å². The van der Waals surface area contributed by atoms with Crippen molar-refractivity contribution in [1.82, 2.24) is 9.97 Å². The second kappa shape index (κ2) is 12.7. The monoisotopic (exact) mass is 388 g/mol. The third kappa shape index (κ3) is 8.30. The number of hydrogen-bond donors (Lipinski definition) is 0. The molecule has 1 aromatic heterocycles. The molecule has 0 unspecified atom stereocenters. The summed E-state index contributed by atoms with van der Waals surface area (Å²) < 4.78 is 5.73. The van der Waals surface area contributed by atoms with Crippen molar-refractivity contribution in [3.8, 4) is 17.1 Å². The highest BCUT2D eigenvalue weighted by molar-refractivity contribution is 6.19. The Morgan fingerprint density at radius 1 is 0.852 bits per heavy atom. The van der Waals surface area contributed by atoms with Crippen molar-refractivity contribution >= 4 is 11.6 Å². The number of ether oxygens (including phenoxy) is 1. The zero-order valence-electron chi connectivity index (χ0n) is 16.8. The highest BCUT2D eigenvalue weighted by Gasteiger charge is 2.07. The Labute approximate surface area is 169 Å². The molecule has 0 amide bonds. The first kappa shape index (κ1) is 21.7. The highest BCUT2D eigenvalue weighted by atomic mass is 35.5. The van der Waals surface area contributed by atoms with E-state index in [-0.39, 0.29) is 5.56 Å². The van der Waals surface area contributed by atoms with Crippen LogP contribution in [0.15, 0.2) is 36.7 Å². The van der Waals surface area contributed by atoms with E-state index in [9.17, 15) is 0 Å². The maximum Gasteiger partial charge on any atom is 0.172 e. The molecule has 1 heterocycles. The molecule has 0 aliphatic carbocycles. The molecule has 0 aliphatic heterocycles. The first-order valence-corrected chi connectivity index (χ1v) is 10.9. The van der Waals surface area contributed by atoms with Crippen LogP contribution in [0.1, 0.15) is 77.2 Å². The molecule has 0 bridgehead atoms. The fraction of sp³-hybridized carbons (Fsp3) is 0.565. The Kier molecular flexibility index (Phi) is 10.2. The number of nitrogens with zero attached hydrogens (tertiary/aromatic N) is 2. The molecule has 0 radical (unpaired) electrons. The van der Waals surface area contributed by atoms with Crippen LogP contribution in [0.4, 0.5) is 0 Å². The van der Waals surface area contributed by atoms with E-state index in [0.29, 0.717) is 0 Å². The molecule has 0 fully saturated rings. The van der Waals surface area contributed by atoms with Crippen LogP contribution in [0.25, 0.3) is 11.4 Å². The Morgan fingerprint density at radius 3 is 2.15 bits per heavy atom. The Morgan fingerprint density at radius 2 is 1.48 bits per heavy atom. The van der Waals surface area contributed by atoms with Crippen molar-refractivity contribution in [2.45, 2.75) is 83.6 Å². The van der Waals surface area contributed by atoms with Crippen molar-refractivity contribution in [3.05, 3.63) is 42.2 Å². The van der Waals surface area contributed by atoms with Crippen molar-refractivity contribution in [3.63, 3.8) is 0 Å². The minimum absolute atomic E-state index is 0.270. The third-order valence-corrected chi connectivity index (χ3v) is 4.99. The van der Waals surface area contributed by atoms with E-state index in [1.54, 1.807) is 0 Å². The number of halogens is 1. The van der Waals surface area contributed by atoms with Gasteiger partial charge in [0.25, 0.3) is 0 Å². The van der Waals surface area contributed by atoms with Gasteiger partial charge in [-0.25, -0.2) is 9.97 Å². The molecule has 2 aromatic rings. The molecule has 4 heteroatoms. The van der Waals surface area contributed by atoms with Crippen molar-refractivity contribution in [1.29, 1.82) is 0 Å². The number of alkyl halides is 1. The molecule has 0 saturated carbocycles. The average Bonchev–Trinajstić information content (AvgIpc) is 2.70. The van der Waals surface area contributed by atoms with Crippen LogP contribution in [0.5, 0.6) is 5.75 Å². The molecule has 2 rings (SSSR count). The summed E-state index contributed by atoms with van der Waals surface area (Å²) in [6.45, 7) is 4.40. The summed E-state index contributed by atoms with van der Waals surface area (Å²) in [5.74, 6) is 1.54. The summed E-state index contributed by atoms with van der Waals surface area (Å²) in [5, 5.41) is 0. The van der Waals surface area contributed by atoms with Gasteiger partial charge in [-0.2, -0.15) is 0 Å². The summed E-state index contributed by atoms with van der Waals surface area (Å²) in [4.78, 5) is 9.06. The van der Waals surface area contributed by atoms with E-state index in [0.717, 1.165) is 42.8 Å². The van der Waals surface area contributed by atoms with Crippen LogP contribution in [-0.4, -0.2) is 15.5 Å². The van der Waals surface area contributed by atoms with Gasteiger partial charge in [0.1, 0.15) is 5.75 Å². The lowest BCUT2D eigenvalue weighted by Crippen LogP contribution is -2.08. The molecule has 0 aliphatic rings. The molecule has 27 heavy (non-hydrogen) atoms. The number of rotatable bonds is 13. The predicted octanol–water partition coefficient (Wildman–Crippen LogP) is 7.18. The maximum atomic E-state index is 6.20. The predicted molar refractivity (Wildman–Crippen MR) is 114 cm³/mol. The van der Waals surface area contributed by atoms with E-state index in [1.165, 1.54) is 44.1 Å². The first-order chi connectivity index (χ1) is 13.2. The SMILES string of the molecule is CCCCCCCCc1cnc(-c2ccc(O[C@@H](Cl)CCCC)cc2)nc1. The first-order valence-electron chi connectivity index (χ1n) is 10.4. The second-order valence-electron chi connectivity index (χ2n) is 7.13. The topological polar surface area (TPSA) is 35.0 Å². The summed E-state index contributed by atoms with van der Waals surface area (Å²) >= 11 is 6.20. The largest absolute Gasteiger partial charge is 0.475 e. The number of hydrogen-bond acceptors (Lipinski definition) is 3. The van der Waals surface area contributed by atoms with Gasteiger partial charge in [0.2, 0.25) is 0 Å². The van der Waals surface area contributed by atoms with Crippen molar-refractivity contribution in [2.75, 3.05) is 0 Å². The standard InChI is InChI=1S/C23H33ClN2O/c1-3-5-7-8-9-10-11-19-17-25-23(26-18-19)20-13-15-21(16-14-20)27-22(24)12-6-4-2/h13-18,22H,3-12H2,1-2H3/t22-/m1/s1. The molecular formula is C23H33ClN2O. The Hall–Kier alpha value is -1.61. The molecule has 1 aromatic carbocycles. The van der Waals surface area contributed by atoms with Gasteiger partial charge in [-0.05, 0) is 55.5 Å². The lowest BCUT2D eigenvalue weighted by Gasteiger charge is -2.12. The molecule has 148 valence electrons. The van der Waals surface area contributed by atoms with Crippen molar-refractivity contribution < 1.29 is 4.74 Å². The fourth-order valence-corrected chi connectivity index (χ4v) is 3.25. The van der Waals surface area contributed by atoms with Gasteiger partial charge >= 0.3 is 0 Å². The Balaban J connectivity index is 1.80. The van der Waals surface area contributed by atoms with E-state index in [4.69, 9.17) is 16.3 Å². The van der Waals surface area contributed by atoms with Crippen molar-refractivity contribution in [2.24, 2.45) is 0 Å². The maximum absolute atomic E-state index is 6.20. The summed E-state index contributed by atoms with van der Waals surface area (Å²) in [6, 6.07) is 7.84. The van der Waals surface area contributed by atoms with Gasteiger partial charge in [-0.15, -0.1) is 0 Å². The number of aromatic nitrogens is 2. The smallest absolute Gasteiger partial charge is 0.172 e. The molecular weight excluding hydrogens is 356 g/mol. The fourth-order valence-electron chi connectivity index (χ4n) is 3.00. The van der Waals surface area contributed by atoms with E-state index >= 15 is 0 Å². The Bertz CT molecular complexity index is 628. The highest BCUT2D eigenvalue weighted by Crippen LogP contribution is 2.22. The lowest BCUT2D eigenvalue weighted by molar-refractivity contribution is 0.266. The zero-order chi connectivity index (χ0) is 19.3. The van der Waals surface area contributed by atoms with E-state index < -0.39 is 0 Å². The lowest BCUT2D eigenvalue weighted by atomic mass is 10.1. The number of unbranched alkanes of at least 4 members (excludes halogenated alkanes) is 6. The van der Waals surface area contributed by atoms with E-state index in [2.05, 4.69) is 23.8 Å². The second-order valence-corrected chi connectivity index (χ2v) is 7.61. The summed E-state index contributed by atoms with van der Waals surface area (Å²) in [6.07, 6.45) is 15.9. The summed E-state index contributed by atoms with van der Waals surface area (Å²) in [5.41, 5.74) is 1.94. The molecule has 1 atom stereocenters. The number of aryl methyl sites for hydroxylation is 1.